The van der Waals surface area contributed by atoms with E-state index in [-0.39, 0.29) is 42.4 Å². The molecule has 3 atom stereocenters. The molecule has 1 aromatic carbocycles. The molecule has 3 amide bonds. The first-order valence-corrected chi connectivity index (χ1v) is 14.2. The number of hydrogen-bond acceptors (Lipinski definition) is 6. The monoisotopic (exact) mass is 559 g/mol. The van der Waals surface area contributed by atoms with Gasteiger partial charge in [0, 0.05) is 37.9 Å². The Labute approximate surface area is 233 Å². The third-order valence-electron chi connectivity index (χ3n) is 8.42. The number of rotatable bonds is 4. The molecule has 3 saturated heterocycles. The number of alkyl halides is 1. The molecule has 2 aromatic rings. The summed E-state index contributed by atoms with van der Waals surface area (Å²) in [5.74, 6) is -1.70. The van der Waals surface area contributed by atoms with Crippen LogP contribution in [0, 0.1) is 11.7 Å². The van der Waals surface area contributed by atoms with Gasteiger partial charge >= 0.3 is 6.09 Å². The molecule has 9 nitrogen and oxygen atoms in total. The molecule has 0 spiro atoms. The highest BCUT2D eigenvalue weighted by Gasteiger charge is 2.36. The maximum atomic E-state index is 15.9. The van der Waals surface area contributed by atoms with Crippen LogP contribution in [0.25, 0.3) is 10.9 Å². The van der Waals surface area contributed by atoms with Crippen LogP contribution in [0.15, 0.2) is 12.1 Å². The lowest BCUT2D eigenvalue weighted by Crippen LogP contribution is -2.50. The minimum absolute atomic E-state index is 0.0322. The predicted molar refractivity (Wildman–Crippen MR) is 145 cm³/mol. The van der Waals surface area contributed by atoms with E-state index in [9.17, 15) is 14.4 Å². The first-order valence-electron chi connectivity index (χ1n) is 14.2. The molecule has 1 unspecified atom stereocenters. The number of benzene rings is 1. The standard InChI is InChI=1S/C29H39F2N5O4/c1-29(2,3)40-28(39)36-14-11-18(22(30)16-36)15-35-12-9-17(10-13-35)19-5-6-20-25(33-34(4)26(20)24(19)31)21-7-8-23(37)32-27(21)38/h5-6,17-18,21-22H,7-16H2,1-4H3,(H,32,37,38)/t18-,21?,22-/m0/s1. The highest BCUT2D eigenvalue weighted by Crippen LogP contribution is 2.37. The predicted octanol–water partition coefficient (Wildman–Crippen LogP) is 4.01. The maximum Gasteiger partial charge on any atom is 0.410 e. The number of fused-ring (bicyclic) bond motifs is 1. The molecule has 1 aromatic heterocycles. The largest absolute Gasteiger partial charge is 0.444 e. The second-order valence-electron chi connectivity index (χ2n) is 12.4. The molecule has 3 fully saturated rings. The Morgan fingerprint density at radius 2 is 1.85 bits per heavy atom. The topological polar surface area (TPSA) is 96.8 Å². The van der Waals surface area contributed by atoms with Gasteiger partial charge in [0.15, 0.2) is 5.82 Å². The molecule has 4 heterocycles. The number of ether oxygens (including phenoxy) is 1. The number of carbonyl (C=O) groups is 3. The summed E-state index contributed by atoms with van der Waals surface area (Å²) in [5.41, 5.74) is 0.901. The Morgan fingerprint density at radius 1 is 1.12 bits per heavy atom. The van der Waals surface area contributed by atoms with Crippen LogP contribution in [-0.4, -0.2) is 82.0 Å². The number of aromatic nitrogens is 2. The molecular weight excluding hydrogens is 520 g/mol. The first-order chi connectivity index (χ1) is 18.9. The minimum Gasteiger partial charge on any atom is -0.444 e. The van der Waals surface area contributed by atoms with E-state index in [2.05, 4.69) is 15.3 Å². The van der Waals surface area contributed by atoms with Gasteiger partial charge in [-0.3, -0.25) is 19.6 Å². The molecule has 3 aliphatic rings. The quantitative estimate of drug-likeness (QED) is 0.569. The zero-order valence-electron chi connectivity index (χ0n) is 23.7. The molecule has 11 heteroatoms. The van der Waals surface area contributed by atoms with Crippen molar-refractivity contribution in [2.45, 2.75) is 76.5 Å². The highest BCUT2D eigenvalue weighted by molar-refractivity contribution is 6.02. The van der Waals surface area contributed by atoms with Crippen molar-refractivity contribution in [2.75, 3.05) is 32.7 Å². The Bertz CT molecular complexity index is 1300. The molecule has 40 heavy (non-hydrogen) atoms. The number of likely N-dealkylation sites (tertiary alicyclic amines) is 2. The Kier molecular flexibility index (Phi) is 7.87. The van der Waals surface area contributed by atoms with Crippen LogP contribution < -0.4 is 5.32 Å². The summed E-state index contributed by atoms with van der Waals surface area (Å²) < 4.78 is 37.8. The minimum atomic E-state index is -1.11. The number of carbonyl (C=O) groups excluding carboxylic acids is 3. The van der Waals surface area contributed by atoms with Crippen molar-refractivity contribution in [1.29, 1.82) is 0 Å². The second-order valence-corrected chi connectivity index (χ2v) is 12.4. The van der Waals surface area contributed by atoms with Gasteiger partial charge in [0.25, 0.3) is 0 Å². The zero-order valence-corrected chi connectivity index (χ0v) is 23.7. The van der Waals surface area contributed by atoms with Gasteiger partial charge in [-0.25, -0.2) is 13.6 Å². The van der Waals surface area contributed by atoms with E-state index in [4.69, 9.17) is 4.74 Å². The normalized spacial score (nSPS) is 25.4. The molecular formula is C29H39F2N5O4. The fourth-order valence-electron chi connectivity index (χ4n) is 6.31. The van der Waals surface area contributed by atoms with Gasteiger partial charge < -0.3 is 14.5 Å². The van der Waals surface area contributed by atoms with Crippen LogP contribution in [0.5, 0.6) is 0 Å². The van der Waals surface area contributed by atoms with Crippen LogP contribution >= 0.6 is 0 Å². The van der Waals surface area contributed by atoms with Crippen molar-refractivity contribution >= 4 is 28.8 Å². The van der Waals surface area contributed by atoms with Crippen LogP contribution in [-0.2, 0) is 21.4 Å². The van der Waals surface area contributed by atoms with Gasteiger partial charge in [0.2, 0.25) is 11.8 Å². The van der Waals surface area contributed by atoms with Crippen LogP contribution in [0.1, 0.15) is 76.0 Å². The lowest BCUT2D eigenvalue weighted by Gasteiger charge is -2.39. The number of hydrogen-bond donors (Lipinski definition) is 1. The summed E-state index contributed by atoms with van der Waals surface area (Å²) >= 11 is 0. The number of amides is 3. The van der Waals surface area contributed by atoms with E-state index < -0.39 is 23.8 Å². The molecule has 0 saturated carbocycles. The van der Waals surface area contributed by atoms with Gasteiger partial charge in [-0.2, -0.15) is 5.10 Å². The summed E-state index contributed by atoms with van der Waals surface area (Å²) in [6.07, 6.45) is 1.12. The van der Waals surface area contributed by atoms with Crippen molar-refractivity contribution < 1.29 is 27.9 Å². The molecule has 0 aliphatic carbocycles. The van der Waals surface area contributed by atoms with E-state index in [1.165, 1.54) is 9.58 Å². The fraction of sp³-hybridized carbons (Fsp3) is 0.655. The van der Waals surface area contributed by atoms with Gasteiger partial charge in [0.05, 0.1) is 18.2 Å². The van der Waals surface area contributed by atoms with E-state index >= 15 is 8.78 Å². The summed E-state index contributed by atoms with van der Waals surface area (Å²) in [5, 5.41) is 7.44. The zero-order chi connectivity index (χ0) is 28.8. The SMILES string of the molecule is Cn1nc(C2CCC(=O)NC2=O)c2ccc(C3CCN(C[C@@H]4CCN(C(=O)OC(C)(C)C)C[C@@H]4F)CC3)c(F)c21. The summed E-state index contributed by atoms with van der Waals surface area (Å²) in [7, 11) is 1.68. The number of piperidine rings is 3. The number of aryl methyl sites for hydroxylation is 1. The number of nitrogens with zero attached hydrogens (tertiary/aromatic N) is 4. The fourth-order valence-corrected chi connectivity index (χ4v) is 6.31. The number of halogens is 2. The molecule has 3 aliphatic heterocycles. The van der Waals surface area contributed by atoms with Crippen molar-refractivity contribution in [3.8, 4) is 0 Å². The van der Waals surface area contributed by atoms with Gasteiger partial charge in [-0.1, -0.05) is 12.1 Å². The van der Waals surface area contributed by atoms with E-state index in [1.54, 1.807) is 33.9 Å². The number of nitrogens with one attached hydrogen (secondary N) is 1. The van der Waals surface area contributed by atoms with E-state index in [0.717, 1.165) is 25.9 Å². The average molecular weight is 560 g/mol. The van der Waals surface area contributed by atoms with Crippen LogP contribution in [0.3, 0.4) is 0 Å². The first kappa shape index (κ1) is 28.4. The molecule has 0 bridgehead atoms. The summed E-state index contributed by atoms with van der Waals surface area (Å²) in [6, 6.07) is 3.65. The van der Waals surface area contributed by atoms with Gasteiger partial charge in [-0.15, -0.1) is 0 Å². The Morgan fingerprint density at radius 3 is 2.50 bits per heavy atom. The molecule has 218 valence electrons. The third kappa shape index (κ3) is 5.84. The molecule has 5 rings (SSSR count). The molecule has 0 radical (unpaired) electrons. The smallest absolute Gasteiger partial charge is 0.410 e. The average Bonchev–Trinajstić information content (AvgIpc) is 3.21. The highest BCUT2D eigenvalue weighted by atomic mass is 19.1. The Balaban J connectivity index is 1.20. The van der Waals surface area contributed by atoms with Crippen molar-refractivity contribution in [3.63, 3.8) is 0 Å². The lowest BCUT2D eigenvalue weighted by atomic mass is 9.86. The van der Waals surface area contributed by atoms with Crippen molar-refractivity contribution in [1.82, 2.24) is 24.9 Å². The number of imide groups is 1. The van der Waals surface area contributed by atoms with E-state index in [1.807, 2.05) is 6.07 Å². The van der Waals surface area contributed by atoms with Gasteiger partial charge in [-0.05, 0) is 71.0 Å². The van der Waals surface area contributed by atoms with Gasteiger partial charge in [0.1, 0.15) is 17.3 Å². The summed E-state index contributed by atoms with van der Waals surface area (Å²) in [4.78, 5) is 40.0. The van der Waals surface area contributed by atoms with E-state index in [0.29, 0.717) is 48.1 Å². The summed E-state index contributed by atoms with van der Waals surface area (Å²) in [6.45, 7) is 8.03. The second kappa shape index (κ2) is 11.1. The lowest BCUT2D eigenvalue weighted by molar-refractivity contribution is -0.134. The molecule has 1 N–H and O–H groups in total. The Hall–Kier alpha value is -3.08. The van der Waals surface area contributed by atoms with Crippen molar-refractivity contribution in [3.05, 3.63) is 29.2 Å². The van der Waals surface area contributed by atoms with Crippen LogP contribution in [0.2, 0.25) is 0 Å². The van der Waals surface area contributed by atoms with Crippen LogP contribution in [0.4, 0.5) is 13.6 Å². The maximum absolute atomic E-state index is 15.9. The third-order valence-corrected chi connectivity index (χ3v) is 8.42. The van der Waals surface area contributed by atoms with Crippen molar-refractivity contribution in [2.24, 2.45) is 13.0 Å².